The maximum atomic E-state index is 10.6. The predicted octanol–water partition coefficient (Wildman–Crippen LogP) is 1.16. The molecule has 0 aliphatic carbocycles. The Balaban J connectivity index is 2.84. The van der Waals surface area contributed by atoms with Gasteiger partial charge in [-0.25, -0.2) is 4.79 Å². The van der Waals surface area contributed by atoms with Crippen LogP contribution in [0.2, 0.25) is 0 Å². The molecule has 0 atom stereocenters. The lowest BCUT2D eigenvalue weighted by Gasteiger charge is -1.98. The number of allylic oxidation sites excluding steroid dienone is 2. The summed E-state index contributed by atoms with van der Waals surface area (Å²) in [6.07, 6.45) is 5.18. The number of aromatic carboxylic acids is 1. The van der Waals surface area contributed by atoms with Crippen molar-refractivity contribution in [3.05, 3.63) is 30.1 Å². The SMILES string of the molecule is CC=CCn1nccc1C(=O)O. The van der Waals surface area contributed by atoms with E-state index in [1.807, 2.05) is 19.1 Å². The molecule has 1 aromatic heterocycles. The largest absolute Gasteiger partial charge is 0.477 e. The first-order valence-corrected chi connectivity index (χ1v) is 3.62. The molecule has 0 aliphatic rings. The van der Waals surface area contributed by atoms with Gasteiger partial charge in [-0.05, 0) is 13.0 Å². The van der Waals surface area contributed by atoms with E-state index in [0.29, 0.717) is 6.54 Å². The molecule has 0 unspecified atom stereocenters. The van der Waals surface area contributed by atoms with Gasteiger partial charge >= 0.3 is 5.97 Å². The summed E-state index contributed by atoms with van der Waals surface area (Å²) < 4.78 is 1.43. The Kier molecular flexibility index (Phi) is 2.63. The molecule has 1 aromatic rings. The zero-order valence-corrected chi connectivity index (χ0v) is 6.77. The topological polar surface area (TPSA) is 55.1 Å². The summed E-state index contributed by atoms with van der Waals surface area (Å²) in [6.45, 7) is 2.38. The first-order chi connectivity index (χ1) is 5.75. The first-order valence-electron chi connectivity index (χ1n) is 3.62. The monoisotopic (exact) mass is 166 g/mol. The van der Waals surface area contributed by atoms with Crippen molar-refractivity contribution in [3.63, 3.8) is 0 Å². The van der Waals surface area contributed by atoms with Gasteiger partial charge in [-0.3, -0.25) is 4.68 Å². The van der Waals surface area contributed by atoms with Gasteiger partial charge in [-0.15, -0.1) is 0 Å². The Morgan fingerprint density at radius 2 is 2.58 bits per heavy atom. The highest BCUT2D eigenvalue weighted by molar-refractivity contribution is 5.85. The van der Waals surface area contributed by atoms with Crippen LogP contribution < -0.4 is 0 Å². The number of carboxylic acid groups (broad SMARTS) is 1. The standard InChI is InChI=1S/C8H10N2O2/c1-2-3-6-10-7(8(11)12)4-5-9-10/h2-5H,6H2,1H3,(H,11,12). The van der Waals surface area contributed by atoms with E-state index in [4.69, 9.17) is 5.11 Å². The van der Waals surface area contributed by atoms with Crippen LogP contribution >= 0.6 is 0 Å². The van der Waals surface area contributed by atoms with Gasteiger partial charge in [0.25, 0.3) is 0 Å². The summed E-state index contributed by atoms with van der Waals surface area (Å²) in [5.74, 6) is -0.947. The van der Waals surface area contributed by atoms with E-state index in [9.17, 15) is 4.79 Å². The van der Waals surface area contributed by atoms with Gasteiger partial charge in [0.05, 0.1) is 6.54 Å². The molecule has 0 aromatic carbocycles. The molecule has 4 nitrogen and oxygen atoms in total. The van der Waals surface area contributed by atoms with E-state index < -0.39 is 5.97 Å². The van der Waals surface area contributed by atoms with Gasteiger partial charge in [-0.1, -0.05) is 12.2 Å². The molecule has 0 aliphatic heterocycles. The Bertz CT molecular complexity index is 302. The quantitative estimate of drug-likeness (QED) is 0.685. The summed E-state index contributed by atoms with van der Waals surface area (Å²) >= 11 is 0. The van der Waals surface area contributed by atoms with E-state index in [0.717, 1.165) is 0 Å². The number of hydrogen-bond donors (Lipinski definition) is 1. The van der Waals surface area contributed by atoms with Crippen LogP contribution in [0.1, 0.15) is 17.4 Å². The average molecular weight is 166 g/mol. The minimum atomic E-state index is -0.947. The second-order valence-corrected chi connectivity index (χ2v) is 2.27. The lowest BCUT2D eigenvalue weighted by Crippen LogP contribution is -2.08. The zero-order chi connectivity index (χ0) is 8.97. The minimum absolute atomic E-state index is 0.216. The van der Waals surface area contributed by atoms with Gasteiger partial charge in [-0.2, -0.15) is 5.10 Å². The second-order valence-electron chi connectivity index (χ2n) is 2.27. The summed E-state index contributed by atoms with van der Waals surface area (Å²) in [7, 11) is 0. The molecule has 0 saturated heterocycles. The van der Waals surface area contributed by atoms with Gasteiger partial charge in [0.2, 0.25) is 0 Å². The molecule has 1 N–H and O–H groups in total. The molecule has 0 spiro atoms. The molecule has 0 saturated carbocycles. The van der Waals surface area contributed by atoms with E-state index in [-0.39, 0.29) is 5.69 Å². The lowest BCUT2D eigenvalue weighted by atomic mass is 10.4. The number of carboxylic acids is 1. The fourth-order valence-corrected chi connectivity index (χ4v) is 0.865. The third-order valence-corrected chi connectivity index (χ3v) is 1.45. The summed E-state index contributed by atoms with van der Waals surface area (Å²) in [4.78, 5) is 10.6. The third kappa shape index (κ3) is 1.72. The van der Waals surface area contributed by atoms with Crippen LogP contribution in [0.4, 0.5) is 0 Å². The van der Waals surface area contributed by atoms with Crippen molar-refractivity contribution < 1.29 is 9.90 Å². The van der Waals surface area contributed by atoms with Gasteiger partial charge in [0.1, 0.15) is 5.69 Å². The fourth-order valence-electron chi connectivity index (χ4n) is 0.865. The maximum absolute atomic E-state index is 10.6. The lowest BCUT2D eigenvalue weighted by molar-refractivity contribution is 0.0684. The van der Waals surface area contributed by atoms with E-state index in [1.165, 1.54) is 16.9 Å². The second kappa shape index (κ2) is 3.71. The average Bonchev–Trinajstić information content (AvgIpc) is 2.48. The number of aromatic nitrogens is 2. The van der Waals surface area contributed by atoms with Crippen LogP contribution in [0, 0.1) is 0 Å². The van der Waals surface area contributed by atoms with Crippen molar-refractivity contribution in [3.8, 4) is 0 Å². The number of carbonyl (C=O) groups is 1. The fraction of sp³-hybridized carbons (Fsp3) is 0.250. The smallest absolute Gasteiger partial charge is 0.354 e. The van der Waals surface area contributed by atoms with Crippen molar-refractivity contribution in [2.24, 2.45) is 0 Å². The summed E-state index contributed by atoms with van der Waals surface area (Å²) in [5, 5.41) is 12.5. The molecule has 0 radical (unpaired) electrons. The molecule has 1 heterocycles. The number of nitrogens with zero attached hydrogens (tertiary/aromatic N) is 2. The van der Waals surface area contributed by atoms with Gasteiger partial charge in [0, 0.05) is 6.20 Å². The summed E-state index contributed by atoms with van der Waals surface area (Å²) in [6, 6.07) is 1.48. The molecule has 4 heteroatoms. The molecule has 64 valence electrons. The van der Waals surface area contributed by atoms with Crippen LogP contribution in [-0.2, 0) is 6.54 Å². The van der Waals surface area contributed by atoms with Gasteiger partial charge < -0.3 is 5.11 Å². The Morgan fingerprint density at radius 3 is 3.17 bits per heavy atom. The minimum Gasteiger partial charge on any atom is -0.477 e. The highest BCUT2D eigenvalue weighted by Crippen LogP contribution is 1.98. The Labute approximate surface area is 70.1 Å². The van der Waals surface area contributed by atoms with E-state index >= 15 is 0 Å². The van der Waals surface area contributed by atoms with Crippen molar-refractivity contribution in [1.82, 2.24) is 9.78 Å². The van der Waals surface area contributed by atoms with Crippen LogP contribution in [0.3, 0.4) is 0 Å². The highest BCUT2D eigenvalue weighted by Gasteiger charge is 2.07. The number of hydrogen-bond acceptors (Lipinski definition) is 2. The molecule has 1 rings (SSSR count). The molecule has 0 fully saturated rings. The van der Waals surface area contributed by atoms with Crippen LogP contribution in [-0.4, -0.2) is 20.9 Å². The normalized spacial score (nSPS) is 10.8. The van der Waals surface area contributed by atoms with Crippen LogP contribution in [0.15, 0.2) is 24.4 Å². The number of rotatable bonds is 3. The third-order valence-electron chi connectivity index (χ3n) is 1.45. The molecule has 0 bridgehead atoms. The van der Waals surface area contributed by atoms with E-state index in [1.54, 1.807) is 0 Å². The summed E-state index contributed by atoms with van der Waals surface area (Å²) in [5.41, 5.74) is 0.216. The Hall–Kier alpha value is -1.58. The first kappa shape index (κ1) is 8.52. The molecular weight excluding hydrogens is 156 g/mol. The zero-order valence-electron chi connectivity index (χ0n) is 6.77. The van der Waals surface area contributed by atoms with Gasteiger partial charge in [0.15, 0.2) is 0 Å². The van der Waals surface area contributed by atoms with E-state index in [2.05, 4.69) is 5.10 Å². The molecule has 12 heavy (non-hydrogen) atoms. The predicted molar refractivity (Wildman–Crippen MR) is 44.0 cm³/mol. The maximum Gasteiger partial charge on any atom is 0.354 e. The van der Waals surface area contributed by atoms with Crippen molar-refractivity contribution >= 4 is 5.97 Å². The molecular formula is C8H10N2O2. The van der Waals surface area contributed by atoms with Crippen LogP contribution in [0.25, 0.3) is 0 Å². The van der Waals surface area contributed by atoms with Crippen LogP contribution in [0.5, 0.6) is 0 Å². The Morgan fingerprint density at radius 1 is 1.83 bits per heavy atom. The molecule has 0 amide bonds. The van der Waals surface area contributed by atoms with Crippen molar-refractivity contribution in [1.29, 1.82) is 0 Å². The van der Waals surface area contributed by atoms with Crippen molar-refractivity contribution in [2.45, 2.75) is 13.5 Å². The highest BCUT2D eigenvalue weighted by atomic mass is 16.4. The van der Waals surface area contributed by atoms with Crippen molar-refractivity contribution in [2.75, 3.05) is 0 Å².